The van der Waals surface area contributed by atoms with E-state index in [1.54, 1.807) is 0 Å². The topological polar surface area (TPSA) is 66.4 Å². The predicted octanol–water partition coefficient (Wildman–Crippen LogP) is 3.29. The quantitative estimate of drug-likeness (QED) is 0.410. The van der Waals surface area contributed by atoms with Crippen LogP contribution in [0.3, 0.4) is 0 Å². The molecule has 0 saturated heterocycles. The molecule has 1 unspecified atom stereocenters. The maximum Gasteiger partial charge on any atom is 0.308 e. The summed E-state index contributed by atoms with van der Waals surface area (Å²) in [5.74, 6) is -5.53. The summed E-state index contributed by atoms with van der Waals surface area (Å²) in [7, 11) is 0. The number of carbonyl (C=O) groups is 2. The first-order chi connectivity index (χ1) is 13.2. The number of esters is 1. The van der Waals surface area contributed by atoms with Gasteiger partial charge >= 0.3 is 5.97 Å². The normalized spacial score (nSPS) is 11.6. The van der Waals surface area contributed by atoms with Gasteiger partial charge in [0.15, 0.2) is 0 Å². The number of carbonyl (C=O) groups excluding carboxylic acids is 2. The van der Waals surface area contributed by atoms with Gasteiger partial charge in [0.2, 0.25) is 0 Å². The van der Waals surface area contributed by atoms with E-state index in [4.69, 9.17) is 0 Å². The van der Waals surface area contributed by atoms with E-state index in [1.165, 1.54) is 24.3 Å². The Morgan fingerprint density at radius 3 is 2.14 bits per heavy atom. The number of rotatable bonds is 7. The summed E-state index contributed by atoms with van der Waals surface area (Å²) >= 11 is 0. The molecule has 2 aromatic carbocycles. The molecule has 0 heterocycles. The van der Waals surface area contributed by atoms with E-state index >= 15 is 0 Å². The Hall–Kier alpha value is -3.16. The van der Waals surface area contributed by atoms with Gasteiger partial charge in [-0.2, -0.15) is 8.78 Å². The molecule has 0 aliphatic rings. The fraction of sp³-hybridized carbons (Fsp3) is 0.200. The number of hydrogen-bond acceptors (Lipinski definition) is 4. The van der Waals surface area contributed by atoms with Gasteiger partial charge < -0.3 is 14.6 Å². The van der Waals surface area contributed by atoms with Crippen molar-refractivity contribution in [2.24, 2.45) is 0 Å². The van der Waals surface area contributed by atoms with Crippen LogP contribution in [0.15, 0.2) is 48.6 Å². The Morgan fingerprint density at radius 1 is 1.11 bits per heavy atom. The van der Waals surface area contributed by atoms with Crippen molar-refractivity contribution in [1.29, 1.82) is 0 Å². The molecule has 0 aliphatic carbocycles. The SMILES string of the molecule is CC(=O)Oc1cc(F)c(CC(C=C(F)F)c2ccc(CC(=O)[O-])cc2)c(F)c1. The molecule has 0 N–H and O–H groups in total. The van der Waals surface area contributed by atoms with Gasteiger partial charge in [-0.3, -0.25) is 4.79 Å². The fourth-order valence-corrected chi connectivity index (χ4v) is 2.69. The summed E-state index contributed by atoms with van der Waals surface area (Å²) < 4.78 is 58.9. The molecule has 4 nitrogen and oxygen atoms in total. The van der Waals surface area contributed by atoms with Crippen LogP contribution in [0.1, 0.15) is 29.5 Å². The summed E-state index contributed by atoms with van der Waals surface area (Å²) in [5, 5.41) is 10.6. The zero-order valence-corrected chi connectivity index (χ0v) is 14.7. The van der Waals surface area contributed by atoms with Crippen LogP contribution in [0, 0.1) is 11.6 Å². The van der Waals surface area contributed by atoms with Gasteiger partial charge in [-0.25, -0.2) is 8.78 Å². The van der Waals surface area contributed by atoms with Crippen molar-refractivity contribution in [2.45, 2.75) is 25.7 Å². The minimum absolute atomic E-state index is 0.317. The Labute approximate surface area is 158 Å². The van der Waals surface area contributed by atoms with E-state index in [2.05, 4.69) is 4.74 Å². The molecule has 0 aromatic heterocycles. The van der Waals surface area contributed by atoms with Crippen molar-refractivity contribution in [3.05, 3.63) is 76.9 Å². The molecule has 0 amide bonds. The lowest BCUT2D eigenvalue weighted by atomic mass is 9.90. The second-order valence-electron chi connectivity index (χ2n) is 6.02. The summed E-state index contributed by atoms with van der Waals surface area (Å²) in [6, 6.07) is 7.25. The summed E-state index contributed by atoms with van der Waals surface area (Å²) in [6.07, 6.45) is -2.23. The Kier molecular flexibility index (Phi) is 6.92. The van der Waals surface area contributed by atoms with Crippen LogP contribution in [0.4, 0.5) is 17.6 Å². The van der Waals surface area contributed by atoms with Gasteiger partial charge in [-0.1, -0.05) is 24.3 Å². The van der Waals surface area contributed by atoms with Crippen LogP contribution in [0.5, 0.6) is 5.75 Å². The first-order valence-electron chi connectivity index (χ1n) is 8.13. The molecular weight excluding hydrogens is 380 g/mol. The number of ether oxygens (including phenoxy) is 1. The maximum absolute atomic E-state index is 14.3. The highest BCUT2D eigenvalue weighted by Crippen LogP contribution is 2.29. The third-order valence-corrected chi connectivity index (χ3v) is 3.88. The molecule has 1 atom stereocenters. The van der Waals surface area contributed by atoms with Crippen molar-refractivity contribution in [3.63, 3.8) is 0 Å². The minimum Gasteiger partial charge on any atom is -0.550 e. The Balaban J connectivity index is 2.34. The predicted molar refractivity (Wildman–Crippen MR) is 89.6 cm³/mol. The highest BCUT2D eigenvalue weighted by molar-refractivity contribution is 5.69. The monoisotopic (exact) mass is 395 g/mol. The minimum atomic E-state index is -2.03. The van der Waals surface area contributed by atoms with E-state index in [-0.39, 0.29) is 12.2 Å². The van der Waals surface area contributed by atoms with Gasteiger partial charge in [0.25, 0.3) is 6.08 Å². The third kappa shape index (κ3) is 5.94. The molecule has 28 heavy (non-hydrogen) atoms. The van der Waals surface area contributed by atoms with Gasteiger partial charge in [0.05, 0.1) is 0 Å². The molecule has 8 heteroatoms. The summed E-state index contributed by atoms with van der Waals surface area (Å²) in [4.78, 5) is 21.5. The first-order valence-corrected chi connectivity index (χ1v) is 8.13. The summed E-state index contributed by atoms with van der Waals surface area (Å²) in [6.45, 7) is 1.07. The zero-order chi connectivity index (χ0) is 20.8. The molecule has 2 rings (SSSR count). The standard InChI is InChI=1S/C20H16F4O4/c1-11(25)28-15-9-17(21)16(18(22)10-15)7-14(8-19(23)24)13-4-2-12(3-5-13)6-20(26)27/h2-5,8-10,14H,6-7H2,1H3,(H,26,27)/p-1. The van der Waals surface area contributed by atoms with Crippen LogP contribution >= 0.6 is 0 Å². The van der Waals surface area contributed by atoms with Crippen molar-refractivity contribution in [1.82, 2.24) is 0 Å². The number of halogens is 4. The fourth-order valence-electron chi connectivity index (χ4n) is 2.69. The van der Waals surface area contributed by atoms with Crippen molar-refractivity contribution < 1.29 is 37.0 Å². The zero-order valence-electron chi connectivity index (χ0n) is 14.7. The van der Waals surface area contributed by atoms with Gasteiger partial charge in [0.1, 0.15) is 17.4 Å². The van der Waals surface area contributed by atoms with E-state index in [9.17, 15) is 32.3 Å². The number of aliphatic carboxylic acids is 1. The number of hydrogen-bond donors (Lipinski definition) is 0. The van der Waals surface area contributed by atoms with E-state index in [0.717, 1.165) is 19.1 Å². The van der Waals surface area contributed by atoms with Crippen LogP contribution in [-0.4, -0.2) is 11.9 Å². The third-order valence-electron chi connectivity index (χ3n) is 3.88. The van der Waals surface area contributed by atoms with Crippen LogP contribution in [0.2, 0.25) is 0 Å². The molecule has 0 radical (unpaired) electrons. The molecular formula is C20H15F4O4-. The number of allylic oxidation sites excluding steroid dienone is 1. The van der Waals surface area contributed by atoms with Gasteiger partial charge in [0, 0.05) is 42.9 Å². The van der Waals surface area contributed by atoms with Crippen molar-refractivity contribution >= 4 is 11.9 Å². The van der Waals surface area contributed by atoms with Crippen molar-refractivity contribution in [2.75, 3.05) is 0 Å². The number of benzene rings is 2. The first kappa shape index (κ1) is 21.1. The van der Waals surface area contributed by atoms with E-state index in [0.29, 0.717) is 17.2 Å². The molecule has 0 bridgehead atoms. The average molecular weight is 395 g/mol. The average Bonchev–Trinajstić information content (AvgIpc) is 2.56. The van der Waals surface area contributed by atoms with E-state index in [1.807, 2.05) is 0 Å². The van der Waals surface area contributed by atoms with E-state index < -0.39 is 47.6 Å². The lowest BCUT2D eigenvalue weighted by molar-refractivity contribution is -0.304. The van der Waals surface area contributed by atoms with Gasteiger partial charge in [-0.15, -0.1) is 0 Å². The van der Waals surface area contributed by atoms with Crippen LogP contribution < -0.4 is 9.84 Å². The second-order valence-corrected chi connectivity index (χ2v) is 6.02. The van der Waals surface area contributed by atoms with Crippen molar-refractivity contribution in [3.8, 4) is 5.75 Å². The number of carboxylic acid groups (broad SMARTS) is 1. The Bertz CT molecular complexity index is 880. The molecule has 0 saturated carbocycles. The lowest BCUT2D eigenvalue weighted by Crippen LogP contribution is -2.24. The van der Waals surface area contributed by atoms with Crippen LogP contribution in [-0.2, 0) is 22.4 Å². The molecule has 0 spiro atoms. The summed E-state index contributed by atoms with van der Waals surface area (Å²) in [5.41, 5.74) is 0.269. The largest absolute Gasteiger partial charge is 0.550 e. The smallest absolute Gasteiger partial charge is 0.308 e. The maximum atomic E-state index is 14.3. The molecule has 0 fully saturated rings. The number of carboxylic acids is 1. The Morgan fingerprint density at radius 2 is 1.68 bits per heavy atom. The van der Waals surface area contributed by atoms with Gasteiger partial charge in [-0.05, 0) is 23.6 Å². The lowest BCUT2D eigenvalue weighted by Gasteiger charge is -2.16. The van der Waals surface area contributed by atoms with Crippen LogP contribution in [0.25, 0.3) is 0 Å². The second kappa shape index (κ2) is 9.16. The highest BCUT2D eigenvalue weighted by Gasteiger charge is 2.19. The molecule has 2 aromatic rings. The molecule has 148 valence electrons. The highest BCUT2D eigenvalue weighted by atomic mass is 19.3. The molecule has 0 aliphatic heterocycles.